The summed E-state index contributed by atoms with van der Waals surface area (Å²) in [5.74, 6) is -1.77. The standard InChI is InChI=1S/C23H31F5/c1-2-3-4-5-6-7-8-17-9-11-18(12-10-17)13-14-19-15-20(24)22(21(25)16-19)23(26,27)28/h4-5,15-18H,2-3,6-14H2,1H3. The van der Waals surface area contributed by atoms with Gasteiger partial charge in [-0.1, -0.05) is 57.6 Å². The van der Waals surface area contributed by atoms with E-state index >= 15 is 0 Å². The number of unbranched alkanes of at least 4 members (excludes halogenated alkanes) is 2. The molecule has 0 nitrogen and oxygen atoms in total. The predicted octanol–water partition coefficient (Wildman–Crippen LogP) is 8.25. The molecule has 0 amide bonds. The molecule has 2 rings (SSSR count). The SMILES string of the molecule is CCCC=CCCCC1CCC(CCc2cc(F)c(C(F)(F)F)c(F)c2)CC1. The van der Waals surface area contributed by atoms with Crippen molar-refractivity contribution in [1.29, 1.82) is 0 Å². The van der Waals surface area contributed by atoms with Gasteiger partial charge in [0.05, 0.1) is 0 Å². The molecule has 0 N–H and O–H groups in total. The Balaban J connectivity index is 1.73. The average Bonchev–Trinajstić information content (AvgIpc) is 2.62. The number of hydrogen-bond acceptors (Lipinski definition) is 0. The van der Waals surface area contributed by atoms with Crippen LogP contribution in [0.1, 0.15) is 82.3 Å². The first kappa shape index (κ1) is 22.9. The number of benzene rings is 1. The Labute approximate surface area is 165 Å². The average molecular weight is 402 g/mol. The molecule has 0 spiro atoms. The molecule has 0 saturated heterocycles. The van der Waals surface area contributed by atoms with Gasteiger partial charge in [-0.2, -0.15) is 13.2 Å². The fourth-order valence-corrected chi connectivity index (χ4v) is 4.15. The van der Waals surface area contributed by atoms with Gasteiger partial charge in [0, 0.05) is 0 Å². The summed E-state index contributed by atoms with van der Waals surface area (Å²) in [4.78, 5) is 0. The number of halogens is 5. The van der Waals surface area contributed by atoms with E-state index in [0.29, 0.717) is 17.9 Å². The van der Waals surface area contributed by atoms with Crippen LogP contribution < -0.4 is 0 Å². The van der Waals surface area contributed by atoms with Crippen LogP contribution >= 0.6 is 0 Å². The molecule has 0 radical (unpaired) electrons. The van der Waals surface area contributed by atoms with Crippen molar-refractivity contribution in [2.24, 2.45) is 11.8 Å². The van der Waals surface area contributed by atoms with Crippen molar-refractivity contribution in [1.82, 2.24) is 0 Å². The van der Waals surface area contributed by atoms with E-state index in [4.69, 9.17) is 0 Å². The molecule has 1 aromatic carbocycles. The van der Waals surface area contributed by atoms with E-state index in [-0.39, 0.29) is 0 Å². The first-order valence-electron chi connectivity index (χ1n) is 10.5. The summed E-state index contributed by atoms with van der Waals surface area (Å²) in [5.41, 5.74) is -1.48. The molecule has 1 aliphatic carbocycles. The van der Waals surface area contributed by atoms with E-state index in [1.807, 2.05) is 0 Å². The zero-order valence-corrected chi connectivity index (χ0v) is 16.6. The largest absolute Gasteiger partial charge is 0.422 e. The first-order valence-corrected chi connectivity index (χ1v) is 10.5. The molecule has 0 atom stereocenters. The highest BCUT2D eigenvalue weighted by atomic mass is 19.4. The van der Waals surface area contributed by atoms with Crippen LogP contribution in [0, 0.1) is 23.5 Å². The van der Waals surface area contributed by atoms with Gasteiger partial charge in [-0.15, -0.1) is 0 Å². The normalized spacial score (nSPS) is 20.8. The van der Waals surface area contributed by atoms with E-state index in [0.717, 1.165) is 50.2 Å². The fourth-order valence-electron chi connectivity index (χ4n) is 4.15. The zero-order chi connectivity index (χ0) is 20.6. The van der Waals surface area contributed by atoms with Crippen LogP contribution in [0.25, 0.3) is 0 Å². The minimum atomic E-state index is -5.00. The maximum Gasteiger partial charge on any atom is 0.422 e. The van der Waals surface area contributed by atoms with Crippen LogP contribution in [0.2, 0.25) is 0 Å². The van der Waals surface area contributed by atoms with Crippen LogP contribution in [-0.4, -0.2) is 0 Å². The lowest BCUT2D eigenvalue weighted by atomic mass is 9.78. The Kier molecular flexibility index (Phi) is 8.97. The van der Waals surface area contributed by atoms with Crippen LogP contribution in [-0.2, 0) is 12.6 Å². The van der Waals surface area contributed by atoms with E-state index < -0.39 is 23.4 Å². The van der Waals surface area contributed by atoms with Crippen molar-refractivity contribution < 1.29 is 22.0 Å². The molecule has 0 aromatic heterocycles. The molecule has 1 aliphatic rings. The maximum absolute atomic E-state index is 13.7. The molecule has 0 unspecified atom stereocenters. The van der Waals surface area contributed by atoms with Gasteiger partial charge in [-0.3, -0.25) is 0 Å². The molecule has 1 fully saturated rings. The third-order valence-electron chi connectivity index (χ3n) is 5.80. The maximum atomic E-state index is 13.7. The Morgan fingerprint density at radius 2 is 1.43 bits per heavy atom. The van der Waals surface area contributed by atoms with Crippen molar-refractivity contribution in [3.05, 3.63) is 47.0 Å². The van der Waals surface area contributed by atoms with Gasteiger partial charge >= 0.3 is 6.18 Å². The van der Waals surface area contributed by atoms with E-state index in [1.165, 1.54) is 32.1 Å². The second-order valence-electron chi connectivity index (χ2n) is 8.05. The van der Waals surface area contributed by atoms with Crippen molar-refractivity contribution in [2.75, 3.05) is 0 Å². The molecule has 28 heavy (non-hydrogen) atoms. The van der Waals surface area contributed by atoms with Crippen molar-refractivity contribution in [3.63, 3.8) is 0 Å². The highest BCUT2D eigenvalue weighted by Crippen LogP contribution is 2.36. The summed E-state index contributed by atoms with van der Waals surface area (Å²) in [7, 11) is 0. The quantitative estimate of drug-likeness (QED) is 0.222. The number of alkyl halides is 3. The van der Waals surface area contributed by atoms with Gasteiger partial charge in [0.15, 0.2) is 0 Å². The summed E-state index contributed by atoms with van der Waals surface area (Å²) in [5, 5.41) is 0. The Morgan fingerprint density at radius 1 is 0.893 bits per heavy atom. The van der Waals surface area contributed by atoms with Crippen LogP contribution in [0.15, 0.2) is 24.3 Å². The lowest BCUT2D eigenvalue weighted by Gasteiger charge is -2.28. The third-order valence-corrected chi connectivity index (χ3v) is 5.80. The van der Waals surface area contributed by atoms with E-state index in [9.17, 15) is 22.0 Å². The summed E-state index contributed by atoms with van der Waals surface area (Å²) >= 11 is 0. The third kappa shape index (κ3) is 7.21. The second kappa shape index (κ2) is 11.0. The second-order valence-corrected chi connectivity index (χ2v) is 8.05. The zero-order valence-electron chi connectivity index (χ0n) is 16.6. The van der Waals surface area contributed by atoms with Crippen LogP contribution in [0.4, 0.5) is 22.0 Å². The predicted molar refractivity (Wildman–Crippen MR) is 103 cm³/mol. The molecule has 0 aliphatic heterocycles. The summed E-state index contributed by atoms with van der Waals surface area (Å²) in [6, 6.07) is 1.67. The van der Waals surface area contributed by atoms with Gasteiger partial charge < -0.3 is 0 Å². The molecule has 0 bridgehead atoms. The molecular weight excluding hydrogens is 371 g/mol. The Morgan fingerprint density at radius 3 is 1.96 bits per heavy atom. The van der Waals surface area contributed by atoms with Gasteiger partial charge in [0.25, 0.3) is 0 Å². The molecule has 1 aromatic rings. The number of allylic oxidation sites excluding steroid dienone is 2. The summed E-state index contributed by atoms with van der Waals surface area (Å²) in [6.45, 7) is 2.17. The molecular formula is C23H31F5. The smallest absolute Gasteiger partial charge is 0.206 e. The lowest BCUT2D eigenvalue weighted by molar-refractivity contribution is -0.142. The Bertz CT molecular complexity index is 601. The lowest BCUT2D eigenvalue weighted by Crippen LogP contribution is -2.15. The molecule has 1 saturated carbocycles. The molecule has 158 valence electrons. The summed E-state index contributed by atoms with van der Waals surface area (Å²) in [6.07, 6.45) is 11.2. The van der Waals surface area contributed by atoms with E-state index in [1.54, 1.807) is 0 Å². The summed E-state index contributed by atoms with van der Waals surface area (Å²) < 4.78 is 65.3. The van der Waals surface area contributed by atoms with Gasteiger partial charge in [-0.05, 0) is 61.6 Å². The van der Waals surface area contributed by atoms with Crippen molar-refractivity contribution in [3.8, 4) is 0 Å². The molecule has 5 heteroatoms. The Hall–Kier alpha value is -1.39. The first-order chi connectivity index (χ1) is 13.3. The van der Waals surface area contributed by atoms with Crippen molar-refractivity contribution >= 4 is 0 Å². The molecule has 0 heterocycles. The topological polar surface area (TPSA) is 0 Å². The van der Waals surface area contributed by atoms with Crippen molar-refractivity contribution in [2.45, 2.75) is 83.7 Å². The van der Waals surface area contributed by atoms with Crippen LogP contribution in [0.3, 0.4) is 0 Å². The number of hydrogen-bond donors (Lipinski definition) is 0. The highest BCUT2D eigenvalue weighted by molar-refractivity contribution is 5.28. The van der Waals surface area contributed by atoms with Gasteiger partial charge in [0.2, 0.25) is 0 Å². The highest BCUT2D eigenvalue weighted by Gasteiger charge is 2.37. The van der Waals surface area contributed by atoms with Gasteiger partial charge in [-0.25, -0.2) is 8.78 Å². The number of rotatable bonds is 9. The monoisotopic (exact) mass is 402 g/mol. The fraction of sp³-hybridized carbons (Fsp3) is 0.652. The number of aryl methyl sites for hydroxylation is 1. The minimum absolute atomic E-state index is 0.309. The van der Waals surface area contributed by atoms with Gasteiger partial charge in [0.1, 0.15) is 17.2 Å². The van der Waals surface area contributed by atoms with Crippen LogP contribution in [0.5, 0.6) is 0 Å². The minimum Gasteiger partial charge on any atom is -0.206 e. The van der Waals surface area contributed by atoms with E-state index in [2.05, 4.69) is 19.1 Å².